The lowest BCUT2D eigenvalue weighted by atomic mass is 10.2. The zero-order chi connectivity index (χ0) is 16.4. The molecule has 1 aromatic carbocycles. The molecule has 0 bridgehead atoms. The molecule has 0 spiro atoms. The predicted octanol–water partition coefficient (Wildman–Crippen LogP) is 3.01. The molecule has 0 unspecified atom stereocenters. The first-order valence-electron chi connectivity index (χ1n) is 7.39. The van der Waals surface area contributed by atoms with Crippen LogP contribution in [0.5, 0.6) is 5.75 Å². The van der Waals surface area contributed by atoms with Crippen molar-refractivity contribution in [3.8, 4) is 11.4 Å². The van der Waals surface area contributed by atoms with Gasteiger partial charge in [-0.1, -0.05) is 6.07 Å². The number of benzene rings is 1. The van der Waals surface area contributed by atoms with Crippen molar-refractivity contribution in [2.45, 2.75) is 25.7 Å². The highest BCUT2D eigenvalue weighted by atomic mass is 16.5. The van der Waals surface area contributed by atoms with E-state index in [9.17, 15) is 4.79 Å². The molecule has 1 fully saturated rings. The van der Waals surface area contributed by atoms with Gasteiger partial charge in [0.2, 0.25) is 5.76 Å². The fraction of sp³-hybridized carbons (Fsp3) is 0.294. The molecule has 0 amide bonds. The van der Waals surface area contributed by atoms with Crippen LogP contribution in [0.1, 0.15) is 30.0 Å². The molecule has 0 atom stereocenters. The molecule has 1 aliphatic carbocycles. The molecule has 0 radical (unpaired) electrons. The summed E-state index contributed by atoms with van der Waals surface area (Å²) < 4.78 is 12.0. The number of hydrogen-bond acceptors (Lipinski definition) is 4. The van der Waals surface area contributed by atoms with E-state index < -0.39 is 5.97 Å². The number of methoxy groups -OCH3 is 1. The molecular weight excluding hydrogens is 296 g/mol. The normalized spacial score (nSPS) is 14.6. The molecule has 23 heavy (non-hydrogen) atoms. The summed E-state index contributed by atoms with van der Waals surface area (Å²) in [7, 11) is 1.37. The van der Waals surface area contributed by atoms with E-state index in [4.69, 9.17) is 14.6 Å². The highest BCUT2D eigenvalue weighted by molar-refractivity contribution is 5.84. The Kier molecular flexibility index (Phi) is 4.06. The monoisotopic (exact) mass is 314 g/mol. The zero-order valence-electron chi connectivity index (χ0n) is 13.0. The molecule has 1 heterocycles. The van der Waals surface area contributed by atoms with Gasteiger partial charge in [-0.2, -0.15) is 5.10 Å². The Hall–Kier alpha value is -2.76. The van der Waals surface area contributed by atoms with Crippen LogP contribution in [0, 0.1) is 6.92 Å². The van der Waals surface area contributed by atoms with Crippen molar-refractivity contribution in [3.63, 3.8) is 0 Å². The highest BCUT2D eigenvalue weighted by Crippen LogP contribution is 2.39. The number of carboxylic acids is 1. The van der Waals surface area contributed by atoms with Crippen molar-refractivity contribution in [2.75, 3.05) is 7.11 Å². The van der Waals surface area contributed by atoms with Gasteiger partial charge >= 0.3 is 5.97 Å². The Morgan fingerprint density at radius 1 is 1.39 bits per heavy atom. The maximum atomic E-state index is 11.2. The number of carbonyl (C=O) groups is 1. The summed E-state index contributed by atoms with van der Waals surface area (Å²) in [6, 6.07) is 7.58. The molecule has 6 nitrogen and oxygen atoms in total. The second-order valence-electron chi connectivity index (χ2n) is 5.53. The van der Waals surface area contributed by atoms with Crippen LogP contribution in [0.2, 0.25) is 0 Å². The summed E-state index contributed by atoms with van der Waals surface area (Å²) in [5.41, 5.74) is 2.74. The van der Waals surface area contributed by atoms with Gasteiger partial charge in [0.25, 0.3) is 0 Å². The second kappa shape index (κ2) is 6.16. The maximum Gasteiger partial charge on any atom is 0.375 e. The van der Waals surface area contributed by atoms with Crippen LogP contribution >= 0.6 is 0 Å². The minimum atomic E-state index is -1.19. The number of ether oxygens (including phenoxy) is 2. The van der Waals surface area contributed by atoms with E-state index in [1.807, 2.05) is 31.3 Å². The van der Waals surface area contributed by atoms with Crippen molar-refractivity contribution in [1.29, 1.82) is 0 Å². The average molecular weight is 314 g/mol. The molecule has 0 aliphatic heterocycles. The van der Waals surface area contributed by atoms with E-state index in [-0.39, 0.29) is 5.76 Å². The molecule has 2 aromatic rings. The van der Waals surface area contributed by atoms with Gasteiger partial charge in [0.15, 0.2) is 0 Å². The van der Waals surface area contributed by atoms with E-state index in [0.717, 1.165) is 23.2 Å². The number of aryl methyl sites for hydroxylation is 1. The Morgan fingerprint density at radius 2 is 2.17 bits per heavy atom. The van der Waals surface area contributed by atoms with Crippen LogP contribution < -0.4 is 4.74 Å². The van der Waals surface area contributed by atoms with Gasteiger partial charge in [0, 0.05) is 18.2 Å². The third-order valence-corrected chi connectivity index (χ3v) is 3.70. The van der Waals surface area contributed by atoms with E-state index in [0.29, 0.717) is 11.7 Å². The van der Waals surface area contributed by atoms with E-state index >= 15 is 0 Å². The van der Waals surface area contributed by atoms with E-state index in [2.05, 4.69) is 5.10 Å². The minimum Gasteiger partial charge on any atom is -0.500 e. The third kappa shape index (κ3) is 3.36. The van der Waals surface area contributed by atoms with Crippen LogP contribution in [-0.2, 0) is 9.53 Å². The molecule has 3 rings (SSSR count). The fourth-order valence-electron chi connectivity index (χ4n) is 2.26. The quantitative estimate of drug-likeness (QED) is 0.655. The topological polar surface area (TPSA) is 73.6 Å². The van der Waals surface area contributed by atoms with Crippen LogP contribution in [0.4, 0.5) is 0 Å². The largest absolute Gasteiger partial charge is 0.500 e. The smallest absolute Gasteiger partial charge is 0.375 e. The fourth-order valence-corrected chi connectivity index (χ4v) is 2.26. The number of rotatable bonds is 6. The second-order valence-corrected chi connectivity index (χ2v) is 5.53. The van der Waals surface area contributed by atoms with Crippen molar-refractivity contribution in [2.24, 2.45) is 0 Å². The number of carboxylic acid groups (broad SMARTS) is 1. The molecular formula is C17H18N2O4. The lowest BCUT2D eigenvalue weighted by Gasteiger charge is -2.11. The summed E-state index contributed by atoms with van der Waals surface area (Å²) >= 11 is 0. The summed E-state index contributed by atoms with van der Waals surface area (Å²) in [4.78, 5) is 11.2. The first-order valence-corrected chi connectivity index (χ1v) is 7.39. The molecule has 6 heteroatoms. The third-order valence-electron chi connectivity index (χ3n) is 3.70. The standard InChI is InChI=1S/C17H18N2O4/c1-11-3-6-13(19-8-7-14(18-19)12-4-5-12)9-15(11)23-16(10-22-2)17(20)21/h3,6-10,12H,4-5H2,1-2H3,(H,20,21)/b16-10-. The van der Waals surface area contributed by atoms with Crippen LogP contribution in [0.15, 0.2) is 42.5 Å². The van der Waals surface area contributed by atoms with Gasteiger partial charge in [-0.05, 0) is 37.5 Å². The van der Waals surface area contributed by atoms with Crippen molar-refractivity contribution in [3.05, 3.63) is 53.7 Å². The van der Waals surface area contributed by atoms with Crippen LogP contribution in [0.3, 0.4) is 0 Å². The lowest BCUT2D eigenvalue weighted by molar-refractivity contribution is -0.135. The van der Waals surface area contributed by atoms with Crippen LogP contribution in [-0.4, -0.2) is 28.0 Å². The Balaban J connectivity index is 1.88. The Bertz CT molecular complexity index is 760. The highest BCUT2D eigenvalue weighted by Gasteiger charge is 2.26. The molecule has 1 aromatic heterocycles. The summed E-state index contributed by atoms with van der Waals surface area (Å²) in [6.45, 7) is 1.85. The molecule has 120 valence electrons. The molecule has 1 N–H and O–H groups in total. The number of nitrogens with zero attached hydrogens (tertiary/aromatic N) is 2. The van der Waals surface area contributed by atoms with Crippen molar-refractivity contribution < 1.29 is 19.4 Å². The van der Waals surface area contributed by atoms with Gasteiger partial charge in [-0.25, -0.2) is 9.48 Å². The maximum absolute atomic E-state index is 11.2. The first-order chi connectivity index (χ1) is 11.1. The molecule has 0 saturated heterocycles. The van der Waals surface area contributed by atoms with Crippen LogP contribution in [0.25, 0.3) is 5.69 Å². The van der Waals surface area contributed by atoms with Gasteiger partial charge in [0.05, 0.1) is 18.5 Å². The van der Waals surface area contributed by atoms with Crippen molar-refractivity contribution in [1.82, 2.24) is 9.78 Å². The SMILES string of the molecule is CO/C=C(\Oc1cc(-n2ccc(C3CC3)n2)ccc1C)C(=O)O. The predicted molar refractivity (Wildman–Crippen MR) is 83.6 cm³/mol. The van der Waals surface area contributed by atoms with E-state index in [1.165, 1.54) is 20.0 Å². The van der Waals surface area contributed by atoms with Crippen molar-refractivity contribution >= 4 is 5.97 Å². The number of aliphatic carboxylic acids is 1. The zero-order valence-corrected chi connectivity index (χ0v) is 13.0. The van der Waals surface area contributed by atoms with Gasteiger partial charge < -0.3 is 14.6 Å². The first kappa shape index (κ1) is 15.1. The summed E-state index contributed by atoms with van der Waals surface area (Å²) in [5.74, 6) is -0.420. The number of aromatic nitrogens is 2. The lowest BCUT2D eigenvalue weighted by Crippen LogP contribution is -2.09. The van der Waals surface area contributed by atoms with Gasteiger partial charge in [-0.15, -0.1) is 0 Å². The van der Waals surface area contributed by atoms with Gasteiger partial charge in [-0.3, -0.25) is 0 Å². The molecule has 1 saturated carbocycles. The Morgan fingerprint density at radius 3 is 2.83 bits per heavy atom. The summed E-state index contributed by atoms with van der Waals surface area (Å²) in [6.07, 6.45) is 5.37. The number of hydrogen-bond donors (Lipinski definition) is 1. The molecule has 1 aliphatic rings. The van der Waals surface area contributed by atoms with E-state index in [1.54, 1.807) is 10.7 Å². The minimum absolute atomic E-state index is 0.271. The average Bonchev–Trinajstić information content (AvgIpc) is 3.26. The summed E-state index contributed by atoms with van der Waals surface area (Å²) in [5, 5.41) is 13.7. The van der Waals surface area contributed by atoms with Gasteiger partial charge in [0.1, 0.15) is 12.0 Å². The Labute approximate surface area is 134 Å².